The van der Waals surface area contributed by atoms with Crippen LogP contribution in [0.4, 0.5) is 0 Å². The fourth-order valence-corrected chi connectivity index (χ4v) is 2.02. The number of benzene rings is 1. The van der Waals surface area contributed by atoms with E-state index in [0.717, 1.165) is 18.2 Å². The molecule has 2 heterocycles. The highest BCUT2D eigenvalue weighted by Gasteiger charge is 2.20. The maximum atomic E-state index is 12.3. The topological polar surface area (TPSA) is 170 Å². The van der Waals surface area contributed by atoms with E-state index in [1.54, 1.807) is 0 Å². The Balaban J connectivity index is 2.28. The maximum absolute atomic E-state index is 12.3. The van der Waals surface area contributed by atoms with Crippen molar-refractivity contribution in [2.24, 2.45) is 0 Å². The van der Waals surface area contributed by atoms with E-state index in [-0.39, 0.29) is 10.2 Å². The van der Waals surface area contributed by atoms with Crippen LogP contribution in [-0.4, -0.2) is 40.4 Å². The molecule has 0 saturated carbocycles. The number of rotatable bonds is 1. The molecule has 0 fully saturated rings. The number of phenols is 3. The van der Waals surface area contributed by atoms with Crippen LogP contribution in [0, 0.1) is 0 Å². The van der Waals surface area contributed by atoms with Crippen LogP contribution >= 0.6 is 0 Å². The number of nitrogens with zero attached hydrogens (tertiary/aromatic N) is 2. The first-order valence-corrected chi connectivity index (χ1v) is 6.06. The average Bonchev–Trinajstić information content (AvgIpc) is 2.84. The van der Waals surface area contributed by atoms with Crippen LogP contribution < -0.4 is 16.9 Å². The number of nitrogens with one attached hydrogen (secondary N) is 2. The summed E-state index contributed by atoms with van der Waals surface area (Å²) in [4.78, 5) is 49.7. The van der Waals surface area contributed by atoms with Gasteiger partial charge in [0.1, 0.15) is 5.65 Å². The summed E-state index contributed by atoms with van der Waals surface area (Å²) in [7, 11) is 0. The third-order valence-corrected chi connectivity index (χ3v) is 3.07. The molecule has 0 aliphatic rings. The number of fused-ring (bicyclic) bond motifs is 1. The number of carbonyl (C=O) groups is 1. The lowest BCUT2D eigenvalue weighted by Gasteiger charge is -2.06. The molecule has 3 rings (SSSR count). The third-order valence-electron chi connectivity index (χ3n) is 3.07. The standard InChI is InChI=1S/C12H8N4O7/c17-5-1-4(2-6(18)9(5)20)10(21)15-11(22)13-7-3-8(19)14-16(7)12(15)23/h1-3,17-18,20H,(H,13,22)(H,14,19). The highest BCUT2D eigenvalue weighted by atomic mass is 16.3. The third kappa shape index (κ3) is 2.07. The summed E-state index contributed by atoms with van der Waals surface area (Å²) in [5.41, 5.74) is -3.50. The Morgan fingerprint density at radius 3 is 2.22 bits per heavy atom. The van der Waals surface area contributed by atoms with Crippen molar-refractivity contribution in [1.82, 2.24) is 19.2 Å². The predicted molar refractivity (Wildman–Crippen MR) is 74.1 cm³/mol. The molecule has 0 unspecified atom stereocenters. The fraction of sp³-hybridized carbons (Fsp3) is 0. The van der Waals surface area contributed by atoms with Crippen LogP contribution in [0.2, 0.25) is 0 Å². The van der Waals surface area contributed by atoms with Gasteiger partial charge in [-0.05, 0) is 12.1 Å². The van der Waals surface area contributed by atoms with Gasteiger partial charge in [-0.1, -0.05) is 0 Å². The second-order valence-corrected chi connectivity index (χ2v) is 4.56. The maximum Gasteiger partial charge on any atom is 0.360 e. The van der Waals surface area contributed by atoms with Gasteiger partial charge in [0, 0.05) is 11.6 Å². The lowest BCUT2D eigenvalue weighted by Crippen LogP contribution is -2.43. The van der Waals surface area contributed by atoms with Gasteiger partial charge in [0.2, 0.25) is 0 Å². The summed E-state index contributed by atoms with van der Waals surface area (Å²) in [5.74, 6) is -3.66. The summed E-state index contributed by atoms with van der Waals surface area (Å²) in [6.07, 6.45) is 0. The quantitative estimate of drug-likeness (QED) is 0.332. The Labute approximate surface area is 124 Å². The number of hydrogen-bond acceptors (Lipinski definition) is 7. The van der Waals surface area contributed by atoms with E-state index in [1.807, 2.05) is 0 Å². The lowest BCUT2D eigenvalue weighted by atomic mass is 10.1. The summed E-state index contributed by atoms with van der Waals surface area (Å²) < 4.78 is 0.815. The average molecular weight is 320 g/mol. The van der Waals surface area contributed by atoms with Crippen molar-refractivity contribution in [1.29, 1.82) is 0 Å². The number of hydrogen-bond donors (Lipinski definition) is 5. The number of H-pyrrole nitrogens is 2. The van der Waals surface area contributed by atoms with Crippen molar-refractivity contribution in [3.63, 3.8) is 0 Å². The number of phenolic OH excluding ortho intramolecular Hbond substituents is 3. The molecule has 5 N–H and O–H groups in total. The minimum absolute atomic E-state index is 0.134. The van der Waals surface area contributed by atoms with E-state index in [2.05, 4.69) is 10.1 Å². The highest BCUT2D eigenvalue weighted by Crippen LogP contribution is 2.35. The summed E-state index contributed by atoms with van der Waals surface area (Å²) in [6, 6.07) is 2.49. The Hall–Kier alpha value is -3.76. The van der Waals surface area contributed by atoms with Gasteiger partial charge in [-0.15, -0.1) is 0 Å². The number of aromatic hydroxyl groups is 3. The van der Waals surface area contributed by atoms with Crippen molar-refractivity contribution in [2.75, 3.05) is 0 Å². The Morgan fingerprint density at radius 2 is 1.61 bits per heavy atom. The van der Waals surface area contributed by atoms with E-state index in [0.29, 0.717) is 4.52 Å². The van der Waals surface area contributed by atoms with Crippen LogP contribution in [0.3, 0.4) is 0 Å². The Morgan fingerprint density at radius 1 is 1.00 bits per heavy atom. The van der Waals surface area contributed by atoms with Crippen molar-refractivity contribution in [3.8, 4) is 17.2 Å². The molecule has 3 aromatic rings. The zero-order valence-electron chi connectivity index (χ0n) is 11.1. The van der Waals surface area contributed by atoms with E-state index in [1.165, 1.54) is 0 Å². The van der Waals surface area contributed by atoms with Gasteiger partial charge in [-0.2, -0.15) is 9.08 Å². The van der Waals surface area contributed by atoms with E-state index < -0.39 is 45.7 Å². The van der Waals surface area contributed by atoms with Gasteiger partial charge in [-0.25, -0.2) is 9.59 Å². The molecule has 118 valence electrons. The molecule has 11 heteroatoms. The molecule has 0 amide bonds. The highest BCUT2D eigenvalue weighted by molar-refractivity contribution is 5.96. The van der Waals surface area contributed by atoms with E-state index >= 15 is 0 Å². The fourth-order valence-electron chi connectivity index (χ4n) is 2.02. The Kier molecular flexibility index (Phi) is 2.85. The normalized spacial score (nSPS) is 11.0. The molecule has 2 aromatic heterocycles. The predicted octanol–water partition coefficient (Wildman–Crippen LogP) is -1.72. The monoisotopic (exact) mass is 320 g/mol. The molecular weight excluding hydrogens is 312 g/mol. The minimum atomic E-state index is -1.18. The van der Waals surface area contributed by atoms with E-state index in [4.69, 9.17) is 0 Å². The largest absolute Gasteiger partial charge is 0.504 e. The smallest absolute Gasteiger partial charge is 0.360 e. The van der Waals surface area contributed by atoms with Gasteiger partial charge in [-0.3, -0.25) is 19.7 Å². The number of aromatic nitrogens is 4. The molecule has 0 atom stereocenters. The van der Waals surface area contributed by atoms with Crippen molar-refractivity contribution in [2.45, 2.75) is 0 Å². The molecule has 11 nitrogen and oxygen atoms in total. The van der Waals surface area contributed by atoms with Crippen LogP contribution in [0.25, 0.3) is 5.65 Å². The zero-order valence-corrected chi connectivity index (χ0v) is 11.1. The number of aromatic amines is 2. The molecule has 23 heavy (non-hydrogen) atoms. The first kappa shape index (κ1) is 14.2. The van der Waals surface area contributed by atoms with Crippen LogP contribution in [0.1, 0.15) is 10.4 Å². The summed E-state index contributed by atoms with van der Waals surface area (Å²) in [5, 5.41) is 30.1. The van der Waals surface area contributed by atoms with Crippen LogP contribution in [-0.2, 0) is 0 Å². The second-order valence-electron chi connectivity index (χ2n) is 4.56. The van der Waals surface area contributed by atoms with Gasteiger partial charge in [0.05, 0.1) is 0 Å². The van der Waals surface area contributed by atoms with Crippen molar-refractivity contribution in [3.05, 3.63) is 55.1 Å². The van der Waals surface area contributed by atoms with E-state index in [9.17, 15) is 34.5 Å². The van der Waals surface area contributed by atoms with Crippen LogP contribution in [0.5, 0.6) is 17.2 Å². The van der Waals surface area contributed by atoms with Crippen LogP contribution in [0.15, 0.2) is 32.6 Å². The Bertz CT molecular complexity index is 1110. The second kappa shape index (κ2) is 4.62. The first-order chi connectivity index (χ1) is 10.8. The van der Waals surface area contributed by atoms with Crippen molar-refractivity contribution >= 4 is 11.6 Å². The zero-order chi connectivity index (χ0) is 16.9. The molecule has 0 aliphatic heterocycles. The molecule has 0 bridgehead atoms. The number of carbonyl (C=O) groups excluding carboxylic acids is 1. The van der Waals surface area contributed by atoms with Gasteiger partial charge < -0.3 is 15.3 Å². The van der Waals surface area contributed by atoms with Gasteiger partial charge in [0.15, 0.2) is 17.2 Å². The van der Waals surface area contributed by atoms with Crippen molar-refractivity contribution < 1.29 is 20.1 Å². The molecule has 0 aliphatic carbocycles. The van der Waals surface area contributed by atoms with Gasteiger partial charge >= 0.3 is 11.4 Å². The van der Waals surface area contributed by atoms with Gasteiger partial charge in [0.25, 0.3) is 11.5 Å². The molecular formula is C12H8N4O7. The molecule has 0 saturated heterocycles. The summed E-state index contributed by atoms with van der Waals surface area (Å²) >= 11 is 0. The first-order valence-electron chi connectivity index (χ1n) is 6.06. The molecule has 0 spiro atoms. The summed E-state index contributed by atoms with van der Waals surface area (Å²) in [6.45, 7) is 0. The minimum Gasteiger partial charge on any atom is -0.504 e. The SMILES string of the molecule is O=C(c1cc(O)c(O)c(O)c1)n1c(=O)[nH]c2cc(=O)[nH]n2c1=O. The molecule has 0 radical (unpaired) electrons. The molecule has 1 aromatic carbocycles. The lowest BCUT2D eigenvalue weighted by molar-refractivity contribution is 0.0947.